The van der Waals surface area contributed by atoms with Gasteiger partial charge in [-0.3, -0.25) is 14.4 Å². The van der Waals surface area contributed by atoms with Crippen molar-refractivity contribution in [1.82, 2.24) is 0 Å². The summed E-state index contributed by atoms with van der Waals surface area (Å²) in [7, 11) is 0. The third-order valence-electron chi connectivity index (χ3n) is 8.07. The second kappa shape index (κ2) is 37.9. The van der Waals surface area contributed by atoms with Gasteiger partial charge in [-0.05, 0) is 44.9 Å². The van der Waals surface area contributed by atoms with Crippen LogP contribution in [-0.4, -0.2) is 37.2 Å². The molecule has 0 aromatic rings. The van der Waals surface area contributed by atoms with E-state index in [0.717, 1.165) is 83.5 Å². The molecule has 1 unspecified atom stereocenters. The fourth-order valence-electron chi connectivity index (χ4n) is 5.10. The highest BCUT2D eigenvalue weighted by Gasteiger charge is 2.19. The number of ether oxygens (including phenoxy) is 3. The molecule has 49 heavy (non-hydrogen) atoms. The van der Waals surface area contributed by atoms with E-state index in [1.165, 1.54) is 51.4 Å². The second-order valence-electron chi connectivity index (χ2n) is 12.8. The number of esters is 3. The highest BCUT2D eigenvalue weighted by Crippen LogP contribution is 2.13. The van der Waals surface area contributed by atoms with Crippen molar-refractivity contribution in [3.05, 3.63) is 60.8 Å². The summed E-state index contributed by atoms with van der Waals surface area (Å²) < 4.78 is 16.4. The van der Waals surface area contributed by atoms with Gasteiger partial charge in [0.1, 0.15) is 13.2 Å². The van der Waals surface area contributed by atoms with Gasteiger partial charge in [0.15, 0.2) is 6.10 Å². The Labute approximate surface area is 300 Å². The first-order valence-electron chi connectivity index (χ1n) is 19.8. The van der Waals surface area contributed by atoms with Crippen LogP contribution < -0.4 is 0 Å². The zero-order valence-electron chi connectivity index (χ0n) is 31.7. The Morgan fingerprint density at radius 3 is 1.24 bits per heavy atom. The summed E-state index contributed by atoms with van der Waals surface area (Å²) >= 11 is 0. The van der Waals surface area contributed by atoms with Crippen molar-refractivity contribution in [1.29, 1.82) is 0 Å². The average molecular weight is 685 g/mol. The Balaban J connectivity index is 4.43. The summed E-state index contributed by atoms with van der Waals surface area (Å²) in [5.74, 6) is -1.06. The molecule has 0 aromatic carbocycles. The van der Waals surface area contributed by atoms with Gasteiger partial charge in [0.25, 0.3) is 0 Å². The zero-order chi connectivity index (χ0) is 35.9. The lowest BCUT2D eigenvalue weighted by Crippen LogP contribution is -2.30. The van der Waals surface area contributed by atoms with Gasteiger partial charge >= 0.3 is 17.9 Å². The molecule has 6 nitrogen and oxygen atoms in total. The maximum Gasteiger partial charge on any atom is 0.309 e. The molecule has 0 aliphatic rings. The molecule has 0 amide bonds. The van der Waals surface area contributed by atoms with Gasteiger partial charge in [0.2, 0.25) is 0 Å². The number of carbonyl (C=O) groups is 3. The first-order valence-corrected chi connectivity index (χ1v) is 19.8. The van der Waals surface area contributed by atoms with Gasteiger partial charge in [-0.1, -0.05) is 171 Å². The molecule has 0 N–H and O–H groups in total. The summed E-state index contributed by atoms with van der Waals surface area (Å²) in [6, 6.07) is 0. The number of hydrogen-bond acceptors (Lipinski definition) is 6. The Morgan fingerprint density at radius 2 is 0.796 bits per heavy atom. The molecule has 0 fully saturated rings. The zero-order valence-corrected chi connectivity index (χ0v) is 31.7. The highest BCUT2D eigenvalue weighted by molar-refractivity contribution is 5.72. The Bertz CT molecular complexity index is 929. The van der Waals surface area contributed by atoms with Crippen molar-refractivity contribution >= 4 is 17.9 Å². The first-order chi connectivity index (χ1) is 24.0. The van der Waals surface area contributed by atoms with Crippen LogP contribution in [0.4, 0.5) is 0 Å². The van der Waals surface area contributed by atoms with E-state index in [1.807, 2.05) is 6.08 Å². The van der Waals surface area contributed by atoms with Crippen LogP contribution >= 0.6 is 0 Å². The topological polar surface area (TPSA) is 78.9 Å². The van der Waals surface area contributed by atoms with Crippen LogP contribution in [0.1, 0.15) is 175 Å². The minimum absolute atomic E-state index is 0.104. The van der Waals surface area contributed by atoms with Crippen molar-refractivity contribution in [2.75, 3.05) is 13.2 Å². The van der Waals surface area contributed by atoms with E-state index < -0.39 is 12.1 Å². The van der Waals surface area contributed by atoms with Crippen molar-refractivity contribution in [2.24, 2.45) is 0 Å². The summed E-state index contributed by atoms with van der Waals surface area (Å²) in [4.78, 5) is 37.2. The fourth-order valence-corrected chi connectivity index (χ4v) is 5.10. The highest BCUT2D eigenvalue weighted by atomic mass is 16.6. The molecule has 0 aliphatic heterocycles. The summed E-state index contributed by atoms with van der Waals surface area (Å²) in [5, 5.41) is 0. The third kappa shape index (κ3) is 36.2. The lowest BCUT2D eigenvalue weighted by molar-refractivity contribution is -0.166. The van der Waals surface area contributed by atoms with Crippen molar-refractivity contribution in [3.63, 3.8) is 0 Å². The molecule has 0 saturated heterocycles. The molecular formula is C43H72O6. The molecule has 1 atom stereocenters. The minimum atomic E-state index is -0.804. The molecule has 0 saturated carbocycles. The van der Waals surface area contributed by atoms with Crippen LogP contribution in [0.2, 0.25) is 0 Å². The van der Waals surface area contributed by atoms with Gasteiger partial charge in [0.05, 0.1) is 6.42 Å². The quantitative estimate of drug-likeness (QED) is 0.0290. The van der Waals surface area contributed by atoms with E-state index >= 15 is 0 Å². The molecular weight excluding hydrogens is 612 g/mol. The van der Waals surface area contributed by atoms with Crippen LogP contribution in [-0.2, 0) is 28.6 Å². The normalized spacial score (nSPS) is 12.6. The number of allylic oxidation sites excluding steroid dienone is 9. The molecule has 0 radical (unpaired) electrons. The molecule has 0 rings (SSSR count). The SMILES string of the molecule is CC/C=C\C/C=C\C/C=C\C/C=C\C/C=C\CC(=O)OCC(COC(=O)CCCCCCC)OC(=O)CCCCCCCCCCCCC. The number of hydrogen-bond donors (Lipinski definition) is 0. The van der Waals surface area contributed by atoms with E-state index in [4.69, 9.17) is 14.2 Å². The van der Waals surface area contributed by atoms with Gasteiger partial charge < -0.3 is 14.2 Å². The van der Waals surface area contributed by atoms with Gasteiger partial charge in [-0.25, -0.2) is 0 Å². The molecule has 6 heteroatoms. The maximum absolute atomic E-state index is 12.6. The van der Waals surface area contributed by atoms with Crippen LogP contribution in [0, 0.1) is 0 Å². The van der Waals surface area contributed by atoms with Gasteiger partial charge in [-0.15, -0.1) is 0 Å². The Hall–Kier alpha value is -2.89. The predicted octanol–water partition coefficient (Wildman–Crippen LogP) is 12.2. The molecule has 0 heterocycles. The van der Waals surface area contributed by atoms with Crippen LogP contribution in [0.15, 0.2) is 60.8 Å². The molecule has 0 aromatic heterocycles. The van der Waals surface area contributed by atoms with E-state index in [1.54, 1.807) is 6.08 Å². The first kappa shape index (κ1) is 46.1. The number of unbranched alkanes of at least 4 members (excludes halogenated alkanes) is 14. The van der Waals surface area contributed by atoms with Gasteiger partial charge in [-0.2, -0.15) is 0 Å². The molecule has 0 spiro atoms. The lowest BCUT2D eigenvalue weighted by atomic mass is 10.1. The predicted molar refractivity (Wildman–Crippen MR) is 205 cm³/mol. The molecule has 0 aliphatic carbocycles. The fraction of sp³-hybridized carbons (Fsp3) is 0.698. The smallest absolute Gasteiger partial charge is 0.309 e. The summed E-state index contributed by atoms with van der Waals surface area (Å²) in [6.45, 7) is 6.30. The van der Waals surface area contributed by atoms with Crippen LogP contribution in [0.5, 0.6) is 0 Å². The van der Waals surface area contributed by atoms with E-state index in [2.05, 4.69) is 69.4 Å². The molecule has 0 bridgehead atoms. The minimum Gasteiger partial charge on any atom is -0.462 e. The Morgan fingerprint density at radius 1 is 0.429 bits per heavy atom. The van der Waals surface area contributed by atoms with E-state index in [-0.39, 0.29) is 31.6 Å². The average Bonchev–Trinajstić information content (AvgIpc) is 3.09. The molecule has 280 valence electrons. The standard InChI is InChI=1S/C43H72O6/c1-4-7-10-13-15-17-19-20-21-22-24-25-27-30-33-36-42(45)48-39-40(38-47-41(44)35-32-29-12-9-6-3)49-43(46)37-34-31-28-26-23-18-16-14-11-8-5-2/h7,10,15,17,20-21,24-25,30,33,40H,4-6,8-9,11-14,16,18-19,22-23,26-29,31-32,34-39H2,1-3H3/b10-7-,17-15-,21-20-,25-24-,33-30-. The summed E-state index contributed by atoms with van der Waals surface area (Å²) in [6.07, 6.45) is 44.0. The van der Waals surface area contributed by atoms with Crippen molar-refractivity contribution in [3.8, 4) is 0 Å². The Kier molecular flexibility index (Phi) is 35.7. The maximum atomic E-state index is 12.6. The van der Waals surface area contributed by atoms with Crippen LogP contribution in [0.25, 0.3) is 0 Å². The van der Waals surface area contributed by atoms with E-state index in [0.29, 0.717) is 12.8 Å². The monoisotopic (exact) mass is 685 g/mol. The van der Waals surface area contributed by atoms with Crippen molar-refractivity contribution in [2.45, 2.75) is 181 Å². The number of rotatable bonds is 34. The van der Waals surface area contributed by atoms with Gasteiger partial charge in [0, 0.05) is 12.8 Å². The van der Waals surface area contributed by atoms with Crippen molar-refractivity contribution < 1.29 is 28.6 Å². The second-order valence-corrected chi connectivity index (χ2v) is 12.8. The number of carbonyl (C=O) groups excluding carboxylic acids is 3. The van der Waals surface area contributed by atoms with Crippen LogP contribution in [0.3, 0.4) is 0 Å². The lowest BCUT2D eigenvalue weighted by Gasteiger charge is -2.18. The van der Waals surface area contributed by atoms with E-state index in [9.17, 15) is 14.4 Å². The third-order valence-corrected chi connectivity index (χ3v) is 8.07. The largest absolute Gasteiger partial charge is 0.462 e. The summed E-state index contributed by atoms with van der Waals surface area (Å²) in [5.41, 5.74) is 0.